The van der Waals surface area contributed by atoms with Crippen molar-refractivity contribution < 1.29 is 20.1 Å². The second-order valence-corrected chi connectivity index (χ2v) is 12.8. The number of aliphatic hydroxyl groups excluding tert-OH is 3. The molecule has 0 aromatic carbocycles. The van der Waals surface area contributed by atoms with Gasteiger partial charge in [-0.05, 0) is 77.0 Å². The van der Waals surface area contributed by atoms with Gasteiger partial charge in [-0.2, -0.15) is 0 Å². The molecule has 3 atom stereocenters. The Balaban J connectivity index is 3.86. The summed E-state index contributed by atoms with van der Waals surface area (Å²) in [6.45, 7) is 4.10. The number of hydrogen-bond acceptors (Lipinski definition) is 4. The van der Waals surface area contributed by atoms with E-state index in [-0.39, 0.29) is 6.61 Å². The van der Waals surface area contributed by atoms with Crippen molar-refractivity contribution in [1.29, 1.82) is 0 Å². The van der Waals surface area contributed by atoms with E-state index in [2.05, 4.69) is 67.8 Å². The van der Waals surface area contributed by atoms with Gasteiger partial charge in [-0.3, -0.25) is 4.79 Å². The van der Waals surface area contributed by atoms with Crippen molar-refractivity contribution in [2.75, 3.05) is 6.61 Å². The molecule has 5 nitrogen and oxygen atoms in total. The Labute approximate surface area is 284 Å². The molecule has 0 aromatic rings. The molecule has 0 saturated carbocycles. The van der Waals surface area contributed by atoms with Crippen LogP contribution in [0.4, 0.5) is 0 Å². The fraction of sp³-hybridized carbons (Fsp3) is 0.732. The maximum absolute atomic E-state index is 12.4. The Bertz CT molecular complexity index is 800. The van der Waals surface area contributed by atoms with Crippen molar-refractivity contribution >= 4 is 5.91 Å². The first-order valence-corrected chi connectivity index (χ1v) is 19.1. The van der Waals surface area contributed by atoms with Crippen LogP contribution in [0.2, 0.25) is 0 Å². The Hall–Kier alpha value is -1.95. The molecule has 1 amide bonds. The number of carbonyl (C=O) groups excluding carboxylic acids is 1. The Kier molecular flexibility index (Phi) is 34.4. The number of nitrogens with one attached hydrogen (secondary N) is 1. The summed E-state index contributed by atoms with van der Waals surface area (Å²) in [5.74, 6) is -0.530. The predicted octanol–water partition coefficient (Wildman–Crippen LogP) is 10.4. The van der Waals surface area contributed by atoms with Crippen LogP contribution in [0.3, 0.4) is 0 Å². The molecule has 46 heavy (non-hydrogen) atoms. The first kappa shape index (κ1) is 44.0. The van der Waals surface area contributed by atoms with Gasteiger partial charge in [0.2, 0.25) is 5.91 Å². The lowest BCUT2D eigenvalue weighted by atomic mass is 10.0. The summed E-state index contributed by atoms with van der Waals surface area (Å²) in [7, 11) is 0. The first-order valence-electron chi connectivity index (χ1n) is 19.1. The minimum atomic E-state index is -1.12. The zero-order valence-corrected chi connectivity index (χ0v) is 29.9. The molecule has 0 rings (SSSR count). The third kappa shape index (κ3) is 30.7. The molecule has 0 heterocycles. The number of rotatable bonds is 33. The summed E-state index contributed by atoms with van der Waals surface area (Å²) >= 11 is 0. The van der Waals surface area contributed by atoms with Crippen LogP contribution in [0.5, 0.6) is 0 Å². The van der Waals surface area contributed by atoms with Crippen LogP contribution in [0.25, 0.3) is 0 Å². The average molecular weight is 644 g/mol. The van der Waals surface area contributed by atoms with Gasteiger partial charge in [0.05, 0.1) is 18.8 Å². The van der Waals surface area contributed by atoms with E-state index in [0.717, 1.165) is 57.8 Å². The fourth-order valence-electron chi connectivity index (χ4n) is 5.24. The van der Waals surface area contributed by atoms with E-state index < -0.39 is 24.2 Å². The Morgan fingerprint density at radius 2 is 0.957 bits per heavy atom. The summed E-state index contributed by atoms with van der Waals surface area (Å²) < 4.78 is 0. The lowest BCUT2D eigenvalue weighted by molar-refractivity contribution is -0.131. The molecule has 0 fully saturated rings. The van der Waals surface area contributed by atoms with E-state index >= 15 is 0 Å². The van der Waals surface area contributed by atoms with E-state index in [1.807, 2.05) is 6.08 Å². The van der Waals surface area contributed by atoms with E-state index in [1.165, 1.54) is 89.9 Å². The van der Waals surface area contributed by atoms with Gasteiger partial charge in [-0.1, -0.05) is 152 Å². The predicted molar refractivity (Wildman–Crippen MR) is 199 cm³/mol. The van der Waals surface area contributed by atoms with Crippen molar-refractivity contribution in [1.82, 2.24) is 5.32 Å². The largest absolute Gasteiger partial charge is 0.394 e. The van der Waals surface area contributed by atoms with Gasteiger partial charge in [-0.25, -0.2) is 0 Å². The molecule has 0 bridgehead atoms. The molecular formula is C41H73NO4. The molecule has 0 aliphatic heterocycles. The number of unbranched alkanes of at least 4 members (excludes halogenated alkanes) is 17. The molecule has 5 heteroatoms. The minimum absolute atomic E-state index is 0.388. The van der Waals surface area contributed by atoms with Gasteiger partial charge in [-0.15, -0.1) is 0 Å². The van der Waals surface area contributed by atoms with Crippen molar-refractivity contribution in [3.05, 3.63) is 60.8 Å². The summed E-state index contributed by atoms with van der Waals surface area (Å²) in [4.78, 5) is 12.4. The summed E-state index contributed by atoms with van der Waals surface area (Å²) in [6, 6.07) is -0.826. The molecule has 3 unspecified atom stereocenters. The van der Waals surface area contributed by atoms with Crippen molar-refractivity contribution in [2.45, 2.75) is 186 Å². The molecule has 0 spiro atoms. The summed E-state index contributed by atoms with van der Waals surface area (Å²) in [5.41, 5.74) is 0. The van der Waals surface area contributed by atoms with Gasteiger partial charge >= 0.3 is 0 Å². The smallest absolute Gasteiger partial charge is 0.249 e. The number of allylic oxidation sites excluding steroid dienone is 9. The maximum atomic E-state index is 12.4. The van der Waals surface area contributed by atoms with Crippen LogP contribution < -0.4 is 5.32 Å². The highest BCUT2D eigenvalue weighted by molar-refractivity contribution is 5.80. The summed E-state index contributed by atoms with van der Waals surface area (Å²) in [5, 5.41) is 32.9. The van der Waals surface area contributed by atoms with Crippen molar-refractivity contribution in [3.63, 3.8) is 0 Å². The Morgan fingerprint density at radius 3 is 1.50 bits per heavy atom. The monoisotopic (exact) mass is 644 g/mol. The lowest BCUT2D eigenvalue weighted by Gasteiger charge is -2.21. The van der Waals surface area contributed by atoms with E-state index in [9.17, 15) is 20.1 Å². The molecule has 0 aromatic heterocycles. The zero-order chi connectivity index (χ0) is 33.8. The van der Waals surface area contributed by atoms with E-state index in [0.29, 0.717) is 6.42 Å². The molecule has 0 saturated heterocycles. The highest BCUT2D eigenvalue weighted by Crippen LogP contribution is 2.12. The molecular weight excluding hydrogens is 570 g/mol. The number of carbonyl (C=O) groups is 1. The third-order valence-corrected chi connectivity index (χ3v) is 8.31. The standard InChI is InChI=1S/C41H73NO4/c1-3-5-7-9-11-13-15-17-19-21-23-25-27-29-31-33-35-39(44)38(37-43)42-41(46)40(45)36-34-32-30-28-26-24-22-20-18-16-14-12-10-8-6-4-2/h12,14,17-20,25,27,33,35,38-40,43-45H,3-11,13,15-16,21-24,26,28-32,34,36-37H2,1-2H3,(H,42,46)/b14-12-,19-17+,20-18-,27-25+,35-33+. The quantitative estimate of drug-likeness (QED) is 0.0423. The topological polar surface area (TPSA) is 89.8 Å². The third-order valence-electron chi connectivity index (χ3n) is 8.31. The number of amides is 1. The van der Waals surface area contributed by atoms with Crippen molar-refractivity contribution in [2.24, 2.45) is 0 Å². The van der Waals surface area contributed by atoms with Crippen molar-refractivity contribution in [3.8, 4) is 0 Å². The van der Waals surface area contributed by atoms with E-state index in [1.54, 1.807) is 6.08 Å². The summed E-state index contributed by atoms with van der Waals surface area (Å²) in [6.07, 6.45) is 46.6. The normalized spacial score (nSPS) is 14.5. The Morgan fingerprint density at radius 1 is 0.543 bits per heavy atom. The second-order valence-electron chi connectivity index (χ2n) is 12.8. The van der Waals surface area contributed by atoms with Crippen LogP contribution in [0.15, 0.2) is 60.8 Å². The zero-order valence-electron chi connectivity index (χ0n) is 29.9. The van der Waals surface area contributed by atoms with Crippen LogP contribution in [-0.4, -0.2) is 46.1 Å². The minimum Gasteiger partial charge on any atom is -0.394 e. The van der Waals surface area contributed by atoms with Gasteiger partial charge in [0.1, 0.15) is 6.10 Å². The number of hydrogen-bond donors (Lipinski definition) is 4. The molecule has 266 valence electrons. The van der Waals surface area contributed by atoms with Crippen LogP contribution in [-0.2, 0) is 4.79 Å². The molecule has 4 N–H and O–H groups in total. The molecule has 0 aliphatic carbocycles. The first-order chi connectivity index (χ1) is 22.6. The highest BCUT2D eigenvalue weighted by Gasteiger charge is 2.22. The van der Waals surface area contributed by atoms with Gasteiger partial charge < -0.3 is 20.6 Å². The van der Waals surface area contributed by atoms with Gasteiger partial charge in [0.25, 0.3) is 0 Å². The van der Waals surface area contributed by atoms with Crippen LogP contribution in [0, 0.1) is 0 Å². The highest BCUT2D eigenvalue weighted by atomic mass is 16.3. The maximum Gasteiger partial charge on any atom is 0.249 e. The van der Waals surface area contributed by atoms with Crippen LogP contribution in [0.1, 0.15) is 168 Å². The average Bonchev–Trinajstić information content (AvgIpc) is 3.06. The lowest BCUT2D eigenvalue weighted by Crippen LogP contribution is -2.48. The molecule has 0 radical (unpaired) electrons. The van der Waals surface area contributed by atoms with Gasteiger partial charge in [0, 0.05) is 0 Å². The van der Waals surface area contributed by atoms with E-state index in [4.69, 9.17) is 0 Å². The van der Waals surface area contributed by atoms with Crippen LogP contribution >= 0.6 is 0 Å². The fourth-order valence-corrected chi connectivity index (χ4v) is 5.24. The number of aliphatic hydroxyl groups is 3. The second kappa shape index (κ2) is 35.9. The molecule has 0 aliphatic rings. The van der Waals surface area contributed by atoms with Gasteiger partial charge in [0.15, 0.2) is 0 Å². The SMILES string of the molecule is CCCCC/C=C\C/C=C\CCCCCCCCC(O)C(=O)NC(CO)C(O)/C=C/CC/C=C/CC/C=C/CCCCCCCC.